The molecule has 0 radical (unpaired) electrons. The highest BCUT2D eigenvalue weighted by Crippen LogP contribution is 2.32. The number of aromatic nitrogens is 3. The Hall–Kier alpha value is -2.90. The zero-order valence-corrected chi connectivity index (χ0v) is 11.9. The van der Waals surface area contributed by atoms with Gasteiger partial charge in [-0.15, -0.1) is 0 Å². The lowest BCUT2D eigenvalue weighted by Gasteiger charge is -2.11. The van der Waals surface area contributed by atoms with Gasteiger partial charge in [-0.1, -0.05) is 12.1 Å². The van der Waals surface area contributed by atoms with E-state index in [1.807, 2.05) is 0 Å². The number of nitrogens with one attached hydrogen (secondary N) is 2. The molecule has 0 bridgehead atoms. The minimum absolute atomic E-state index is 0.134. The van der Waals surface area contributed by atoms with Crippen molar-refractivity contribution in [3.63, 3.8) is 0 Å². The molecule has 5 nitrogen and oxygen atoms in total. The molecule has 3 aromatic rings. The summed E-state index contributed by atoms with van der Waals surface area (Å²) < 4.78 is 38.9. The second-order valence-corrected chi connectivity index (χ2v) is 4.92. The smallest absolute Gasteiger partial charge is 0.304 e. The van der Waals surface area contributed by atoms with Gasteiger partial charge >= 0.3 is 6.18 Å². The minimum Gasteiger partial charge on any atom is -0.304 e. The van der Waals surface area contributed by atoms with Crippen LogP contribution in [0.5, 0.6) is 0 Å². The molecule has 0 saturated carbocycles. The summed E-state index contributed by atoms with van der Waals surface area (Å²) in [6.45, 7) is 1.79. The molecule has 0 unspecified atom stereocenters. The molecule has 1 amide bonds. The number of amides is 1. The van der Waals surface area contributed by atoms with Gasteiger partial charge in [0.2, 0.25) is 0 Å². The van der Waals surface area contributed by atoms with E-state index in [0.29, 0.717) is 11.0 Å². The third kappa shape index (κ3) is 2.87. The van der Waals surface area contributed by atoms with Gasteiger partial charge in [0.1, 0.15) is 0 Å². The molecule has 1 aromatic carbocycles. The van der Waals surface area contributed by atoms with Crippen molar-refractivity contribution in [3.8, 4) is 0 Å². The van der Waals surface area contributed by atoms with Gasteiger partial charge in [-0.2, -0.15) is 18.3 Å². The van der Waals surface area contributed by atoms with Gasteiger partial charge in [0.25, 0.3) is 5.91 Å². The summed E-state index contributed by atoms with van der Waals surface area (Å²) in [6, 6.07) is 8.00. The van der Waals surface area contributed by atoms with E-state index in [0.717, 1.165) is 17.8 Å². The van der Waals surface area contributed by atoms with Crippen molar-refractivity contribution in [2.24, 2.45) is 0 Å². The average molecular weight is 320 g/mol. The Morgan fingerprint density at radius 1 is 1.17 bits per heavy atom. The maximum absolute atomic E-state index is 13.0. The number of carbonyl (C=O) groups is 1. The van der Waals surface area contributed by atoms with Crippen LogP contribution in [0.25, 0.3) is 11.0 Å². The first-order chi connectivity index (χ1) is 10.9. The van der Waals surface area contributed by atoms with E-state index in [1.165, 1.54) is 12.1 Å². The highest BCUT2D eigenvalue weighted by Gasteiger charge is 2.35. The quantitative estimate of drug-likeness (QED) is 0.759. The number of aryl methyl sites for hydroxylation is 1. The van der Waals surface area contributed by atoms with E-state index in [2.05, 4.69) is 20.5 Å². The number of halogens is 3. The van der Waals surface area contributed by atoms with Crippen molar-refractivity contribution in [1.82, 2.24) is 15.2 Å². The number of hydrogen-bond donors (Lipinski definition) is 2. The number of hydrogen-bond acceptors (Lipinski definition) is 3. The van der Waals surface area contributed by atoms with Crippen LogP contribution in [0.2, 0.25) is 0 Å². The van der Waals surface area contributed by atoms with Crippen LogP contribution >= 0.6 is 0 Å². The molecule has 0 saturated heterocycles. The molecule has 2 heterocycles. The van der Waals surface area contributed by atoms with E-state index in [1.54, 1.807) is 19.1 Å². The lowest BCUT2D eigenvalue weighted by atomic mass is 10.1. The number of fused-ring (bicyclic) bond motifs is 1. The van der Waals surface area contributed by atoms with Gasteiger partial charge in [-0.3, -0.25) is 9.89 Å². The van der Waals surface area contributed by atoms with Gasteiger partial charge in [-0.25, -0.2) is 4.98 Å². The molecule has 2 aromatic heterocycles. The standard InChI is InChI=1S/C15H11F3N4O/c1-8-6-7-10-12(19-8)21-22-13(10)20-14(23)9-4-2-3-5-11(9)15(16,17)18/h2-7H,1H3,(H2,19,20,21,22,23). The molecule has 0 aliphatic heterocycles. The molecule has 23 heavy (non-hydrogen) atoms. The molecule has 8 heteroatoms. The first-order valence-corrected chi connectivity index (χ1v) is 6.65. The topological polar surface area (TPSA) is 70.7 Å². The molecule has 0 atom stereocenters. The summed E-state index contributed by atoms with van der Waals surface area (Å²) in [5, 5.41) is 9.44. The van der Waals surface area contributed by atoms with Crippen LogP contribution < -0.4 is 5.32 Å². The summed E-state index contributed by atoms with van der Waals surface area (Å²) in [5.41, 5.74) is -0.256. The number of alkyl halides is 3. The number of rotatable bonds is 2. The second kappa shape index (κ2) is 5.38. The van der Waals surface area contributed by atoms with Crippen molar-refractivity contribution in [2.45, 2.75) is 13.1 Å². The Balaban J connectivity index is 1.96. The Morgan fingerprint density at radius 3 is 2.65 bits per heavy atom. The van der Waals surface area contributed by atoms with E-state index >= 15 is 0 Å². The van der Waals surface area contributed by atoms with E-state index in [9.17, 15) is 18.0 Å². The van der Waals surface area contributed by atoms with Crippen LogP contribution in [0.4, 0.5) is 19.0 Å². The van der Waals surface area contributed by atoms with Crippen LogP contribution in [0, 0.1) is 6.92 Å². The van der Waals surface area contributed by atoms with Crippen LogP contribution in [-0.4, -0.2) is 21.1 Å². The summed E-state index contributed by atoms with van der Waals surface area (Å²) in [7, 11) is 0. The summed E-state index contributed by atoms with van der Waals surface area (Å²) in [6.07, 6.45) is -4.61. The first kappa shape index (κ1) is 15.0. The third-order valence-corrected chi connectivity index (χ3v) is 3.27. The molecule has 0 fully saturated rings. The number of nitrogens with zero attached hydrogens (tertiary/aromatic N) is 2. The number of benzene rings is 1. The maximum Gasteiger partial charge on any atom is 0.417 e. The van der Waals surface area contributed by atoms with Crippen molar-refractivity contribution < 1.29 is 18.0 Å². The fraction of sp³-hybridized carbons (Fsp3) is 0.133. The molecular formula is C15H11F3N4O. The zero-order valence-electron chi connectivity index (χ0n) is 11.9. The van der Waals surface area contributed by atoms with Crippen molar-refractivity contribution in [3.05, 3.63) is 53.2 Å². The normalized spacial score (nSPS) is 11.7. The fourth-order valence-electron chi connectivity index (χ4n) is 2.20. The van der Waals surface area contributed by atoms with Crippen LogP contribution in [-0.2, 0) is 6.18 Å². The van der Waals surface area contributed by atoms with E-state index in [-0.39, 0.29) is 5.82 Å². The highest BCUT2D eigenvalue weighted by atomic mass is 19.4. The third-order valence-electron chi connectivity index (χ3n) is 3.27. The van der Waals surface area contributed by atoms with Crippen molar-refractivity contribution in [2.75, 3.05) is 5.32 Å². The number of aromatic amines is 1. The maximum atomic E-state index is 13.0. The summed E-state index contributed by atoms with van der Waals surface area (Å²) in [5.74, 6) is -0.749. The SMILES string of the molecule is Cc1ccc2c(NC(=O)c3ccccc3C(F)(F)F)n[nH]c2n1. The molecule has 118 valence electrons. The fourth-order valence-corrected chi connectivity index (χ4v) is 2.20. The van der Waals surface area contributed by atoms with Gasteiger partial charge in [-0.05, 0) is 31.2 Å². The summed E-state index contributed by atoms with van der Waals surface area (Å²) in [4.78, 5) is 16.4. The predicted octanol–water partition coefficient (Wildman–Crippen LogP) is 3.54. The Labute approximate surface area is 128 Å². The molecule has 0 aliphatic carbocycles. The molecule has 2 N–H and O–H groups in total. The lowest BCUT2D eigenvalue weighted by Crippen LogP contribution is -2.18. The van der Waals surface area contributed by atoms with E-state index in [4.69, 9.17) is 0 Å². The predicted molar refractivity (Wildman–Crippen MR) is 78.0 cm³/mol. The molecule has 3 rings (SSSR count). The van der Waals surface area contributed by atoms with Gasteiger partial charge in [0.15, 0.2) is 11.5 Å². The van der Waals surface area contributed by atoms with Gasteiger partial charge in [0, 0.05) is 5.69 Å². The number of pyridine rings is 1. The number of anilines is 1. The molecule has 0 aliphatic rings. The second-order valence-electron chi connectivity index (χ2n) is 4.92. The van der Waals surface area contributed by atoms with Crippen LogP contribution in [0.1, 0.15) is 21.6 Å². The largest absolute Gasteiger partial charge is 0.417 e. The van der Waals surface area contributed by atoms with Crippen LogP contribution in [0.3, 0.4) is 0 Å². The number of H-pyrrole nitrogens is 1. The van der Waals surface area contributed by atoms with Gasteiger partial charge in [0.05, 0.1) is 16.5 Å². The molecular weight excluding hydrogens is 309 g/mol. The van der Waals surface area contributed by atoms with Gasteiger partial charge < -0.3 is 5.32 Å². The average Bonchev–Trinajstić information content (AvgIpc) is 2.88. The zero-order chi connectivity index (χ0) is 16.6. The molecule has 0 spiro atoms. The highest BCUT2D eigenvalue weighted by molar-refractivity contribution is 6.08. The lowest BCUT2D eigenvalue weighted by molar-refractivity contribution is -0.137. The van der Waals surface area contributed by atoms with E-state index < -0.39 is 23.2 Å². The monoisotopic (exact) mass is 320 g/mol. The number of carbonyl (C=O) groups excluding carboxylic acids is 1. The van der Waals surface area contributed by atoms with Crippen molar-refractivity contribution >= 4 is 22.8 Å². The van der Waals surface area contributed by atoms with Crippen LogP contribution in [0.15, 0.2) is 36.4 Å². The first-order valence-electron chi connectivity index (χ1n) is 6.65. The Kier molecular flexibility index (Phi) is 3.51. The minimum atomic E-state index is -4.61. The van der Waals surface area contributed by atoms with Crippen molar-refractivity contribution in [1.29, 1.82) is 0 Å². The Morgan fingerprint density at radius 2 is 1.91 bits per heavy atom. The Bertz CT molecular complexity index is 886. The summed E-state index contributed by atoms with van der Waals surface area (Å²) >= 11 is 0.